The number of benzene rings is 1. The summed E-state index contributed by atoms with van der Waals surface area (Å²) in [5, 5.41) is 19.3. The number of rotatable bonds is 7. The van der Waals surface area contributed by atoms with E-state index >= 15 is 0 Å². The fraction of sp³-hybridized carbons (Fsp3) is 0.227. The fourth-order valence-electron chi connectivity index (χ4n) is 2.77. The minimum absolute atomic E-state index is 0.323. The Labute approximate surface area is 158 Å². The molecule has 1 N–H and O–H groups in total. The first-order chi connectivity index (χ1) is 13.2. The highest BCUT2D eigenvalue weighted by molar-refractivity contribution is 5.64. The van der Waals surface area contributed by atoms with E-state index in [1.807, 2.05) is 49.5 Å². The van der Waals surface area contributed by atoms with E-state index in [4.69, 9.17) is 10.00 Å². The summed E-state index contributed by atoms with van der Waals surface area (Å²) in [5.74, 6) is 0.691. The van der Waals surface area contributed by atoms with Gasteiger partial charge in [-0.2, -0.15) is 5.26 Å². The maximum absolute atomic E-state index is 10.3. The van der Waals surface area contributed by atoms with Crippen molar-refractivity contribution in [1.29, 1.82) is 5.26 Å². The first kappa shape index (κ1) is 18.6. The van der Waals surface area contributed by atoms with Gasteiger partial charge in [-0.15, -0.1) is 0 Å². The van der Waals surface area contributed by atoms with E-state index in [2.05, 4.69) is 16.0 Å². The molecule has 27 heavy (non-hydrogen) atoms. The molecule has 136 valence electrons. The van der Waals surface area contributed by atoms with Crippen molar-refractivity contribution in [2.75, 3.05) is 0 Å². The molecular formula is C22H21N3O2. The summed E-state index contributed by atoms with van der Waals surface area (Å²) in [4.78, 5) is 8.16. The summed E-state index contributed by atoms with van der Waals surface area (Å²) in [5.41, 5.74) is 3.46. The van der Waals surface area contributed by atoms with Crippen molar-refractivity contribution in [3.8, 4) is 22.9 Å². The van der Waals surface area contributed by atoms with Gasteiger partial charge in [-0.25, -0.2) is 0 Å². The van der Waals surface area contributed by atoms with Gasteiger partial charge >= 0.3 is 0 Å². The lowest BCUT2D eigenvalue weighted by Crippen LogP contribution is -2.29. The standard InChI is InChI=1S/C22H21N3O2/c1-16(22(26)9-4-17-3-2-10-24-13-17)27-21-7-5-19(6-8-21)20-11-18(12-23)14-25-15-20/h2-3,5-8,10-11,13-16,22,26H,4,9H2,1H3. The van der Waals surface area contributed by atoms with Gasteiger partial charge in [0.15, 0.2) is 0 Å². The number of nitrogens with zero attached hydrogens (tertiary/aromatic N) is 3. The van der Waals surface area contributed by atoms with E-state index in [9.17, 15) is 5.11 Å². The number of aliphatic hydroxyl groups is 1. The Bertz CT molecular complexity index is 905. The maximum Gasteiger partial charge on any atom is 0.122 e. The average molecular weight is 359 g/mol. The lowest BCUT2D eigenvalue weighted by Gasteiger charge is -2.20. The molecule has 0 bridgehead atoms. The van der Waals surface area contributed by atoms with Crippen LogP contribution >= 0.6 is 0 Å². The minimum Gasteiger partial charge on any atom is -0.488 e. The highest BCUT2D eigenvalue weighted by Crippen LogP contribution is 2.23. The van der Waals surface area contributed by atoms with E-state index in [-0.39, 0.29) is 6.10 Å². The Kier molecular flexibility index (Phi) is 6.14. The molecule has 2 aromatic heterocycles. The van der Waals surface area contributed by atoms with Gasteiger partial charge in [0.25, 0.3) is 0 Å². The lowest BCUT2D eigenvalue weighted by molar-refractivity contribution is 0.0420. The quantitative estimate of drug-likeness (QED) is 0.694. The molecule has 2 unspecified atom stereocenters. The Morgan fingerprint density at radius 2 is 1.89 bits per heavy atom. The highest BCUT2D eigenvalue weighted by Gasteiger charge is 2.16. The highest BCUT2D eigenvalue weighted by atomic mass is 16.5. The normalized spacial score (nSPS) is 12.8. The molecule has 0 saturated heterocycles. The summed E-state index contributed by atoms with van der Waals surface area (Å²) < 4.78 is 5.87. The number of ether oxygens (including phenoxy) is 1. The van der Waals surface area contributed by atoms with Crippen LogP contribution in [-0.4, -0.2) is 27.3 Å². The zero-order valence-electron chi connectivity index (χ0n) is 15.1. The van der Waals surface area contributed by atoms with Crippen LogP contribution in [0.25, 0.3) is 11.1 Å². The predicted octanol–water partition coefficient (Wildman–Crippen LogP) is 3.78. The van der Waals surface area contributed by atoms with Crippen molar-refractivity contribution in [2.24, 2.45) is 0 Å². The summed E-state index contributed by atoms with van der Waals surface area (Å²) in [6, 6.07) is 15.3. The fourth-order valence-corrected chi connectivity index (χ4v) is 2.77. The molecule has 2 atom stereocenters. The van der Waals surface area contributed by atoms with E-state index in [0.29, 0.717) is 17.7 Å². The Hall–Kier alpha value is -3.23. The molecule has 0 aliphatic rings. The molecule has 0 radical (unpaired) electrons. The van der Waals surface area contributed by atoms with Gasteiger partial charge < -0.3 is 9.84 Å². The number of hydrogen-bond donors (Lipinski definition) is 1. The number of pyridine rings is 2. The molecule has 3 aromatic rings. The van der Waals surface area contributed by atoms with E-state index in [0.717, 1.165) is 23.1 Å². The second kappa shape index (κ2) is 8.93. The van der Waals surface area contributed by atoms with Crippen LogP contribution in [0.1, 0.15) is 24.5 Å². The number of aryl methyl sites for hydroxylation is 1. The van der Waals surface area contributed by atoms with Crippen LogP contribution in [0.4, 0.5) is 0 Å². The third kappa shape index (κ3) is 5.13. The summed E-state index contributed by atoms with van der Waals surface area (Å²) in [6.07, 6.45) is 7.28. The first-order valence-electron chi connectivity index (χ1n) is 8.85. The van der Waals surface area contributed by atoms with Gasteiger partial charge in [0, 0.05) is 30.4 Å². The third-order valence-electron chi connectivity index (χ3n) is 4.37. The molecule has 0 amide bonds. The van der Waals surface area contributed by atoms with Gasteiger partial charge in [0.05, 0.1) is 11.7 Å². The Morgan fingerprint density at radius 1 is 1.07 bits per heavy atom. The summed E-state index contributed by atoms with van der Waals surface area (Å²) >= 11 is 0. The first-order valence-corrected chi connectivity index (χ1v) is 8.85. The minimum atomic E-state index is -0.568. The topological polar surface area (TPSA) is 79.0 Å². The van der Waals surface area contributed by atoms with Gasteiger partial charge in [-0.05, 0) is 55.2 Å². The van der Waals surface area contributed by atoms with Crippen LogP contribution in [0.15, 0.2) is 67.3 Å². The molecule has 0 saturated carbocycles. The van der Waals surface area contributed by atoms with Crippen LogP contribution in [0, 0.1) is 11.3 Å². The monoisotopic (exact) mass is 359 g/mol. The van der Waals surface area contributed by atoms with Crippen molar-refractivity contribution < 1.29 is 9.84 Å². The third-order valence-corrected chi connectivity index (χ3v) is 4.37. The van der Waals surface area contributed by atoms with Crippen LogP contribution in [0.3, 0.4) is 0 Å². The molecule has 0 aliphatic heterocycles. The van der Waals surface area contributed by atoms with Crippen molar-refractivity contribution in [3.63, 3.8) is 0 Å². The predicted molar refractivity (Wildman–Crippen MR) is 103 cm³/mol. The van der Waals surface area contributed by atoms with Crippen LogP contribution < -0.4 is 4.74 Å². The van der Waals surface area contributed by atoms with Crippen molar-refractivity contribution in [2.45, 2.75) is 32.0 Å². The second-order valence-corrected chi connectivity index (χ2v) is 6.39. The smallest absolute Gasteiger partial charge is 0.122 e. The van der Waals surface area contributed by atoms with Gasteiger partial charge in [-0.1, -0.05) is 18.2 Å². The molecule has 2 heterocycles. The van der Waals surface area contributed by atoms with Crippen molar-refractivity contribution in [1.82, 2.24) is 9.97 Å². The lowest BCUT2D eigenvalue weighted by atomic mass is 10.0. The molecular weight excluding hydrogens is 338 g/mol. The van der Waals surface area contributed by atoms with Crippen LogP contribution in [-0.2, 0) is 6.42 Å². The van der Waals surface area contributed by atoms with E-state index < -0.39 is 6.10 Å². The number of aliphatic hydroxyl groups excluding tert-OH is 1. The number of aromatic nitrogens is 2. The second-order valence-electron chi connectivity index (χ2n) is 6.39. The van der Waals surface area contributed by atoms with Gasteiger partial charge in [0.2, 0.25) is 0 Å². The molecule has 0 aliphatic carbocycles. The molecule has 1 aromatic carbocycles. The maximum atomic E-state index is 10.3. The van der Waals surface area contributed by atoms with Gasteiger partial charge in [0.1, 0.15) is 17.9 Å². The number of nitriles is 1. The van der Waals surface area contributed by atoms with E-state index in [1.54, 1.807) is 18.5 Å². The largest absolute Gasteiger partial charge is 0.488 e. The van der Waals surface area contributed by atoms with Gasteiger partial charge in [-0.3, -0.25) is 9.97 Å². The zero-order chi connectivity index (χ0) is 19.1. The van der Waals surface area contributed by atoms with Crippen molar-refractivity contribution in [3.05, 3.63) is 78.4 Å². The van der Waals surface area contributed by atoms with E-state index in [1.165, 1.54) is 6.20 Å². The molecule has 5 heteroatoms. The van der Waals surface area contributed by atoms with Crippen LogP contribution in [0.5, 0.6) is 5.75 Å². The summed E-state index contributed by atoms with van der Waals surface area (Å²) in [7, 11) is 0. The molecule has 0 fully saturated rings. The SMILES string of the molecule is CC(Oc1ccc(-c2cncc(C#N)c2)cc1)C(O)CCc1cccnc1. The Balaban J connectivity index is 1.57. The number of hydrogen-bond acceptors (Lipinski definition) is 5. The van der Waals surface area contributed by atoms with Crippen LogP contribution in [0.2, 0.25) is 0 Å². The molecule has 5 nitrogen and oxygen atoms in total. The zero-order valence-corrected chi connectivity index (χ0v) is 15.1. The average Bonchev–Trinajstić information content (AvgIpc) is 2.73. The Morgan fingerprint density at radius 3 is 2.59 bits per heavy atom. The van der Waals surface area contributed by atoms with Crippen molar-refractivity contribution >= 4 is 0 Å². The molecule has 3 rings (SSSR count). The molecule has 0 spiro atoms. The summed E-state index contributed by atoms with van der Waals surface area (Å²) in [6.45, 7) is 1.86.